The number of hydrogen-bond acceptors (Lipinski definition) is 2. The standard InChI is InChI=1S/C8H7F5O2/c1-4-2-3-5(15-4)6(14)7(9,10)8(11,12)13/h2-3,6,14H,1H3/t6-/m0/s1. The first-order chi connectivity index (χ1) is 6.66. The van der Waals surface area contributed by atoms with Crippen LogP contribution < -0.4 is 0 Å². The lowest BCUT2D eigenvalue weighted by atomic mass is 10.1. The maximum absolute atomic E-state index is 12.6. The van der Waals surface area contributed by atoms with Crippen LogP contribution in [-0.4, -0.2) is 17.2 Å². The summed E-state index contributed by atoms with van der Waals surface area (Å²) in [7, 11) is 0. The van der Waals surface area contributed by atoms with Crippen molar-refractivity contribution in [2.75, 3.05) is 0 Å². The maximum Gasteiger partial charge on any atom is 0.456 e. The summed E-state index contributed by atoms with van der Waals surface area (Å²) >= 11 is 0. The Bertz CT molecular complexity index is 341. The van der Waals surface area contributed by atoms with E-state index >= 15 is 0 Å². The molecule has 0 amide bonds. The van der Waals surface area contributed by atoms with Crippen LogP contribution in [0.2, 0.25) is 0 Å². The SMILES string of the molecule is Cc1ccc([C@H](O)C(F)(F)C(F)(F)F)o1. The fraction of sp³-hybridized carbons (Fsp3) is 0.500. The second-order valence-electron chi connectivity index (χ2n) is 2.97. The molecule has 1 N–H and O–H groups in total. The van der Waals surface area contributed by atoms with Crippen LogP contribution in [0.5, 0.6) is 0 Å². The first-order valence-corrected chi connectivity index (χ1v) is 3.85. The van der Waals surface area contributed by atoms with Gasteiger partial charge in [0.1, 0.15) is 11.5 Å². The minimum absolute atomic E-state index is 0.141. The van der Waals surface area contributed by atoms with E-state index in [1.165, 1.54) is 13.0 Å². The number of aryl methyl sites for hydroxylation is 1. The summed E-state index contributed by atoms with van der Waals surface area (Å²) in [6.07, 6.45) is -8.83. The summed E-state index contributed by atoms with van der Waals surface area (Å²) in [6, 6.07) is 2.06. The lowest BCUT2D eigenvalue weighted by Crippen LogP contribution is -2.42. The molecule has 0 bridgehead atoms. The summed E-state index contributed by atoms with van der Waals surface area (Å²) in [5.41, 5.74) is 0. The zero-order valence-corrected chi connectivity index (χ0v) is 7.48. The molecular formula is C8H7F5O2. The third-order valence-corrected chi connectivity index (χ3v) is 1.75. The lowest BCUT2D eigenvalue weighted by molar-refractivity contribution is -0.317. The van der Waals surface area contributed by atoms with Gasteiger partial charge in [-0.05, 0) is 19.1 Å². The van der Waals surface area contributed by atoms with Gasteiger partial charge in [-0.2, -0.15) is 22.0 Å². The number of aliphatic hydroxyl groups excluding tert-OH is 1. The van der Waals surface area contributed by atoms with Crippen molar-refractivity contribution < 1.29 is 31.5 Å². The van der Waals surface area contributed by atoms with Gasteiger partial charge in [0.25, 0.3) is 0 Å². The van der Waals surface area contributed by atoms with Crippen LogP contribution in [-0.2, 0) is 0 Å². The van der Waals surface area contributed by atoms with Gasteiger partial charge in [-0.25, -0.2) is 0 Å². The highest BCUT2D eigenvalue weighted by atomic mass is 19.4. The second kappa shape index (κ2) is 3.48. The van der Waals surface area contributed by atoms with E-state index in [1.54, 1.807) is 0 Å². The predicted octanol–water partition coefficient (Wildman–Crippen LogP) is 2.82. The molecule has 1 aromatic heterocycles. The summed E-state index contributed by atoms with van der Waals surface area (Å²) in [5.74, 6) is -5.89. The van der Waals surface area contributed by atoms with Gasteiger partial charge < -0.3 is 9.52 Å². The van der Waals surface area contributed by atoms with Crippen LogP contribution in [0.4, 0.5) is 22.0 Å². The molecule has 1 aromatic rings. The zero-order valence-electron chi connectivity index (χ0n) is 7.48. The molecule has 0 aliphatic rings. The van der Waals surface area contributed by atoms with E-state index in [0.717, 1.165) is 6.07 Å². The van der Waals surface area contributed by atoms with Crippen LogP contribution in [0, 0.1) is 6.92 Å². The molecule has 2 nitrogen and oxygen atoms in total. The molecule has 0 fully saturated rings. The molecule has 0 aromatic carbocycles. The Morgan fingerprint density at radius 1 is 1.20 bits per heavy atom. The van der Waals surface area contributed by atoms with Crippen molar-refractivity contribution >= 4 is 0 Å². The molecule has 0 saturated carbocycles. The highest BCUT2D eigenvalue weighted by molar-refractivity contribution is 5.11. The number of furan rings is 1. The van der Waals surface area contributed by atoms with E-state index in [-0.39, 0.29) is 5.76 Å². The van der Waals surface area contributed by atoms with Crippen molar-refractivity contribution in [2.24, 2.45) is 0 Å². The Kier molecular flexibility index (Phi) is 2.77. The van der Waals surface area contributed by atoms with Crippen molar-refractivity contribution in [2.45, 2.75) is 25.1 Å². The molecule has 0 unspecified atom stereocenters. The largest absolute Gasteiger partial charge is 0.463 e. The molecule has 7 heteroatoms. The molecular weight excluding hydrogens is 223 g/mol. The molecule has 0 saturated heterocycles. The topological polar surface area (TPSA) is 33.4 Å². The molecule has 1 rings (SSSR count). The first kappa shape index (κ1) is 12.0. The predicted molar refractivity (Wildman–Crippen MR) is 39.4 cm³/mol. The van der Waals surface area contributed by atoms with Gasteiger partial charge in [0.15, 0.2) is 6.10 Å². The van der Waals surface area contributed by atoms with Gasteiger partial charge in [0, 0.05) is 0 Å². The van der Waals surface area contributed by atoms with Crippen molar-refractivity contribution in [3.8, 4) is 0 Å². The second-order valence-corrected chi connectivity index (χ2v) is 2.97. The highest BCUT2D eigenvalue weighted by Gasteiger charge is 2.63. The molecule has 15 heavy (non-hydrogen) atoms. The van der Waals surface area contributed by atoms with Crippen LogP contribution in [0.1, 0.15) is 17.6 Å². The molecule has 0 aliphatic heterocycles. The Morgan fingerprint density at radius 3 is 2.07 bits per heavy atom. The number of alkyl halides is 5. The molecule has 0 spiro atoms. The molecule has 1 atom stereocenters. The Morgan fingerprint density at radius 2 is 1.73 bits per heavy atom. The monoisotopic (exact) mass is 230 g/mol. The van der Waals surface area contributed by atoms with Gasteiger partial charge in [-0.1, -0.05) is 0 Å². The van der Waals surface area contributed by atoms with E-state index in [1.807, 2.05) is 0 Å². The minimum Gasteiger partial charge on any atom is -0.463 e. The number of hydrogen-bond donors (Lipinski definition) is 1. The molecule has 0 aliphatic carbocycles. The lowest BCUT2D eigenvalue weighted by Gasteiger charge is -2.23. The van der Waals surface area contributed by atoms with Crippen molar-refractivity contribution in [1.82, 2.24) is 0 Å². The third kappa shape index (κ3) is 2.11. The van der Waals surface area contributed by atoms with E-state index in [2.05, 4.69) is 4.42 Å². The van der Waals surface area contributed by atoms with Crippen molar-refractivity contribution in [1.29, 1.82) is 0 Å². The van der Waals surface area contributed by atoms with Crippen molar-refractivity contribution in [3.63, 3.8) is 0 Å². The van der Waals surface area contributed by atoms with E-state index < -0.39 is 24.0 Å². The van der Waals surface area contributed by atoms with Crippen LogP contribution in [0.3, 0.4) is 0 Å². The van der Waals surface area contributed by atoms with Gasteiger partial charge in [-0.15, -0.1) is 0 Å². The highest BCUT2D eigenvalue weighted by Crippen LogP contribution is 2.44. The minimum atomic E-state index is -5.81. The van der Waals surface area contributed by atoms with Crippen LogP contribution in [0.15, 0.2) is 16.5 Å². The quantitative estimate of drug-likeness (QED) is 0.792. The average molecular weight is 230 g/mol. The number of aliphatic hydroxyl groups is 1. The normalized spacial score (nSPS) is 15.4. The van der Waals surface area contributed by atoms with Gasteiger partial charge in [0.2, 0.25) is 0 Å². The smallest absolute Gasteiger partial charge is 0.456 e. The fourth-order valence-electron chi connectivity index (χ4n) is 0.934. The summed E-state index contributed by atoms with van der Waals surface area (Å²) in [4.78, 5) is 0. The van der Waals surface area contributed by atoms with E-state index in [4.69, 9.17) is 5.11 Å². The third-order valence-electron chi connectivity index (χ3n) is 1.75. The average Bonchev–Trinajstić information content (AvgIpc) is 2.48. The zero-order chi connectivity index (χ0) is 11.9. The van der Waals surface area contributed by atoms with Gasteiger partial charge in [0.05, 0.1) is 0 Å². The fourth-order valence-corrected chi connectivity index (χ4v) is 0.934. The molecule has 86 valence electrons. The van der Waals surface area contributed by atoms with Gasteiger partial charge in [-0.3, -0.25) is 0 Å². The molecule has 0 radical (unpaired) electrons. The number of rotatable bonds is 2. The Balaban J connectivity index is 2.99. The number of halogens is 5. The first-order valence-electron chi connectivity index (χ1n) is 3.85. The Labute approximate surface area is 81.3 Å². The van der Waals surface area contributed by atoms with Crippen LogP contribution >= 0.6 is 0 Å². The van der Waals surface area contributed by atoms with Crippen LogP contribution in [0.25, 0.3) is 0 Å². The Hall–Kier alpha value is -1.11. The summed E-state index contributed by atoms with van der Waals surface area (Å²) < 4.78 is 65.1. The van der Waals surface area contributed by atoms with Gasteiger partial charge >= 0.3 is 12.1 Å². The molecule has 1 heterocycles. The van der Waals surface area contributed by atoms with E-state index in [0.29, 0.717) is 0 Å². The summed E-state index contributed by atoms with van der Waals surface area (Å²) in [5, 5.41) is 8.83. The van der Waals surface area contributed by atoms with Crippen molar-refractivity contribution in [3.05, 3.63) is 23.7 Å². The maximum atomic E-state index is 12.6. The summed E-state index contributed by atoms with van der Waals surface area (Å²) in [6.45, 7) is 1.36. The van der Waals surface area contributed by atoms with E-state index in [9.17, 15) is 22.0 Å².